The van der Waals surface area contributed by atoms with Crippen LogP contribution in [-0.2, 0) is 73.8 Å². The second-order valence-electron chi connectivity index (χ2n) is 17.4. The first kappa shape index (κ1) is 50.6. The van der Waals surface area contributed by atoms with Crippen molar-refractivity contribution >= 4 is 17.9 Å². The summed E-state index contributed by atoms with van der Waals surface area (Å²) in [5, 5.41) is 0. The molecule has 7 aromatic carbocycles. The lowest BCUT2D eigenvalue weighted by molar-refractivity contribution is -0.355. The van der Waals surface area contributed by atoms with Crippen molar-refractivity contribution in [1.82, 2.24) is 0 Å². The molecule has 0 amide bonds. The second kappa shape index (κ2) is 25.9. The average Bonchev–Trinajstić information content (AvgIpc) is 3.45. The molecule has 374 valence electrons. The maximum Gasteiger partial charge on any atom is 0.338 e. The molecule has 2 heterocycles. The molecule has 13 nitrogen and oxygen atoms in total. The Morgan fingerprint density at radius 1 is 0.384 bits per heavy atom. The van der Waals surface area contributed by atoms with Crippen LogP contribution < -0.4 is 0 Å². The lowest BCUT2D eigenvalue weighted by atomic mass is 9.97. The average molecular weight is 985 g/mol. The molecule has 0 spiro atoms. The third-order valence-electron chi connectivity index (χ3n) is 12.3. The fourth-order valence-corrected chi connectivity index (χ4v) is 8.54. The van der Waals surface area contributed by atoms with Gasteiger partial charge in [-0.1, -0.05) is 176 Å². The van der Waals surface area contributed by atoms with Gasteiger partial charge in [0.25, 0.3) is 0 Å². The number of rotatable bonds is 21. The molecule has 2 aliphatic heterocycles. The monoisotopic (exact) mass is 984 g/mol. The molecule has 0 N–H and O–H groups in total. The van der Waals surface area contributed by atoms with E-state index in [0.29, 0.717) is 0 Å². The van der Waals surface area contributed by atoms with E-state index in [1.165, 1.54) is 0 Å². The summed E-state index contributed by atoms with van der Waals surface area (Å²) < 4.78 is 66.2. The van der Waals surface area contributed by atoms with Gasteiger partial charge in [0, 0.05) is 0 Å². The van der Waals surface area contributed by atoms with E-state index in [9.17, 15) is 14.4 Å². The minimum absolute atomic E-state index is 0.0335. The summed E-state index contributed by atoms with van der Waals surface area (Å²) in [6, 6.07) is 63.7. The van der Waals surface area contributed by atoms with E-state index >= 15 is 0 Å². The maximum absolute atomic E-state index is 14.4. The van der Waals surface area contributed by atoms with Gasteiger partial charge in [-0.15, -0.1) is 0 Å². The van der Waals surface area contributed by atoms with Gasteiger partial charge < -0.3 is 47.4 Å². The van der Waals surface area contributed by atoms with Gasteiger partial charge in [-0.3, -0.25) is 0 Å². The fraction of sp³-hybridized carbons (Fsp3) is 0.250. The first-order valence-corrected chi connectivity index (χ1v) is 24.2. The Morgan fingerprint density at radius 3 is 1.21 bits per heavy atom. The summed E-state index contributed by atoms with van der Waals surface area (Å²) in [6.07, 6.45) is -11.2. The Morgan fingerprint density at radius 2 is 0.753 bits per heavy atom. The minimum Gasteiger partial charge on any atom is -0.453 e. The quantitative estimate of drug-likeness (QED) is 0.0499. The Bertz CT molecular complexity index is 2750. The first-order valence-electron chi connectivity index (χ1n) is 24.2. The Hall–Kier alpha value is -7.33. The highest BCUT2D eigenvalue weighted by atomic mass is 16.8. The van der Waals surface area contributed by atoms with Gasteiger partial charge >= 0.3 is 17.9 Å². The van der Waals surface area contributed by atoms with E-state index in [-0.39, 0.29) is 56.3 Å². The van der Waals surface area contributed by atoms with Crippen LogP contribution in [0, 0.1) is 0 Å². The zero-order valence-electron chi connectivity index (χ0n) is 40.0. The van der Waals surface area contributed by atoms with E-state index in [4.69, 9.17) is 47.4 Å². The van der Waals surface area contributed by atoms with E-state index in [2.05, 4.69) is 0 Å². The third-order valence-corrected chi connectivity index (χ3v) is 12.3. The Labute approximate surface area is 424 Å². The van der Waals surface area contributed by atoms with E-state index in [1.54, 1.807) is 91.0 Å². The van der Waals surface area contributed by atoms with Crippen LogP contribution in [0.25, 0.3) is 0 Å². The van der Waals surface area contributed by atoms with Crippen molar-refractivity contribution < 1.29 is 61.8 Å². The second-order valence-corrected chi connectivity index (χ2v) is 17.4. The topological polar surface area (TPSA) is 144 Å². The normalized spacial score (nSPS) is 22.7. The predicted molar refractivity (Wildman–Crippen MR) is 268 cm³/mol. The molecular formula is C60H56O13. The van der Waals surface area contributed by atoms with Crippen LogP contribution in [0.1, 0.15) is 53.3 Å². The molecule has 0 aliphatic carbocycles. The molecule has 73 heavy (non-hydrogen) atoms. The van der Waals surface area contributed by atoms with Crippen molar-refractivity contribution in [3.05, 3.63) is 251 Å². The number of ether oxygens (including phenoxy) is 10. The number of carbonyl (C=O) groups is 3. The third kappa shape index (κ3) is 14.0. The molecule has 2 aliphatic rings. The van der Waals surface area contributed by atoms with Crippen LogP contribution in [0.5, 0.6) is 0 Å². The van der Waals surface area contributed by atoms with E-state index < -0.39 is 73.2 Å². The number of esters is 3. The number of benzene rings is 7. The number of hydrogen-bond donors (Lipinski definition) is 0. The van der Waals surface area contributed by atoms with E-state index in [0.717, 1.165) is 22.3 Å². The summed E-state index contributed by atoms with van der Waals surface area (Å²) in [5.41, 5.74) is 4.20. The lowest BCUT2D eigenvalue weighted by Gasteiger charge is -2.48. The van der Waals surface area contributed by atoms with E-state index in [1.807, 2.05) is 121 Å². The van der Waals surface area contributed by atoms with Crippen molar-refractivity contribution in [2.45, 2.75) is 81.7 Å². The van der Waals surface area contributed by atoms with Gasteiger partial charge in [0.05, 0.1) is 56.3 Å². The summed E-state index contributed by atoms with van der Waals surface area (Å²) in [6.45, 7) is 0.198. The zero-order valence-corrected chi connectivity index (χ0v) is 40.0. The molecule has 0 aromatic heterocycles. The van der Waals surface area contributed by atoms with Gasteiger partial charge in [0.2, 0.25) is 0 Å². The molecule has 0 radical (unpaired) electrons. The van der Waals surface area contributed by atoms with Crippen LogP contribution in [-0.4, -0.2) is 86.4 Å². The Balaban J connectivity index is 1.13. The van der Waals surface area contributed by atoms with Crippen LogP contribution in [0.3, 0.4) is 0 Å². The fourth-order valence-electron chi connectivity index (χ4n) is 8.54. The van der Waals surface area contributed by atoms with Gasteiger partial charge in [-0.2, -0.15) is 0 Å². The standard InChI is InChI=1S/C60H56O13/c61-56(46-30-16-5-17-31-46)69-50-41-68-59(67-39-45-28-14-4-15-29-45)54(71-57(62)47-32-18-6-19-33-47)52(50)73-60-55(72-58(63)48-34-20-7-21-35-48)53(66-38-44-26-12-3-13-27-44)51(65-37-43-24-10-2-11-25-43)49(70-60)40-64-36-42-22-8-1-9-23-42/h1-35,49-55,59-60H,36-41H2/t49-,50-,51+,52+,53+,54-,55-,59+,60+/m1/s1. The highest BCUT2D eigenvalue weighted by molar-refractivity contribution is 5.90. The van der Waals surface area contributed by atoms with Crippen molar-refractivity contribution in [1.29, 1.82) is 0 Å². The lowest BCUT2D eigenvalue weighted by Crippen LogP contribution is -2.65. The smallest absolute Gasteiger partial charge is 0.338 e. The van der Waals surface area contributed by atoms with Crippen LogP contribution in [0.4, 0.5) is 0 Å². The SMILES string of the molecule is O=C(O[C@H]1[C@H](O[C@@H]2[C@@H](OC(=O)c3ccccc3)[C@@H](OCc3ccccc3)OC[C@H]2OC(=O)c2ccccc2)O[C@H](COCc2ccccc2)[C@H](OCc2ccccc2)[C@@H]1OCc1ccccc1)c1ccccc1. The number of carbonyl (C=O) groups excluding carboxylic acids is 3. The summed E-state index contributed by atoms with van der Waals surface area (Å²) in [4.78, 5) is 42.7. The summed E-state index contributed by atoms with van der Waals surface area (Å²) >= 11 is 0. The van der Waals surface area contributed by atoms with Crippen LogP contribution >= 0.6 is 0 Å². The van der Waals surface area contributed by atoms with Gasteiger partial charge in [-0.05, 0) is 58.7 Å². The molecule has 0 saturated carbocycles. The van der Waals surface area contributed by atoms with Crippen molar-refractivity contribution in [2.24, 2.45) is 0 Å². The van der Waals surface area contributed by atoms with Gasteiger partial charge in [-0.25, -0.2) is 14.4 Å². The zero-order chi connectivity index (χ0) is 50.0. The van der Waals surface area contributed by atoms with Crippen molar-refractivity contribution in [3.8, 4) is 0 Å². The van der Waals surface area contributed by atoms with Gasteiger partial charge in [0.1, 0.15) is 24.4 Å². The first-order chi connectivity index (χ1) is 35.9. The Kier molecular flexibility index (Phi) is 17.9. The molecule has 0 unspecified atom stereocenters. The highest BCUT2D eigenvalue weighted by Crippen LogP contribution is 2.36. The van der Waals surface area contributed by atoms with Crippen molar-refractivity contribution in [2.75, 3.05) is 13.2 Å². The van der Waals surface area contributed by atoms with Crippen LogP contribution in [0.15, 0.2) is 212 Å². The highest BCUT2D eigenvalue weighted by Gasteiger charge is 2.55. The molecule has 7 aromatic rings. The minimum atomic E-state index is -1.52. The molecule has 0 bridgehead atoms. The maximum atomic E-state index is 14.4. The largest absolute Gasteiger partial charge is 0.453 e. The van der Waals surface area contributed by atoms with Gasteiger partial charge in [0.15, 0.2) is 30.9 Å². The molecule has 2 fully saturated rings. The predicted octanol–water partition coefficient (Wildman–Crippen LogP) is 9.73. The molecule has 2 saturated heterocycles. The molecule has 13 heteroatoms. The van der Waals surface area contributed by atoms with Crippen LogP contribution in [0.2, 0.25) is 0 Å². The summed E-state index contributed by atoms with van der Waals surface area (Å²) in [5.74, 6) is -2.12. The molecular weight excluding hydrogens is 929 g/mol. The molecule has 9 atom stereocenters. The number of hydrogen-bond acceptors (Lipinski definition) is 13. The summed E-state index contributed by atoms with van der Waals surface area (Å²) in [7, 11) is 0. The molecule has 9 rings (SSSR count). The van der Waals surface area contributed by atoms with Crippen molar-refractivity contribution in [3.63, 3.8) is 0 Å².